The molecule has 6 nitrogen and oxygen atoms in total. The molecular weight excluding hydrogens is 316 g/mol. The summed E-state index contributed by atoms with van der Waals surface area (Å²) in [5.41, 5.74) is 1.48. The zero-order chi connectivity index (χ0) is 14.4. The number of aryl methyl sites for hydroxylation is 1. The van der Waals surface area contributed by atoms with E-state index in [1.807, 2.05) is 4.90 Å². The van der Waals surface area contributed by atoms with E-state index in [1.165, 1.54) is 6.07 Å². The minimum atomic E-state index is -0.407. The van der Waals surface area contributed by atoms with Crippen molar-refractivity contribution in [2.45, 2.75) is 6.92 Å². The summed E-state index contributed by atoms with van der Waals surface area (Å²) < 4.78 is 5.66. The molecule has 0 atom stereocenters. The number of halogens is 1. The van der Waals surface area contributed by atoms with Crippen LogP contribution >= 0.6 is 15.9 Å². The average Bonchev–Trinajstić information content (AvgIpc) is 2.36. The Morgan fingerprint density at radius 3 is 2.68 bits per heavy atom. The fraction of sp³-hybridized carbons (Fsp3) is 0.500. The van der Waals surface area contributed by atoms with E-state index < -0.39 is 4.92 Å². The van der Waals surface area contributed by atoms with Crippen LogP contribution in [0.3, 0.4) is 0 Å². The minimum absolute atomic E-state index is 0.00614. The van der Waals surface area contributed by atoms with Gasteiger partial charge in [0, 0.05) is 36.3 Å². The van der Waals surface area contributed by atoms with Crippen molar-refractivity contribution in [3.05, 3.63) is 32.3 Å². The van der Waals surface area contributed by atoms with Crippen LogP contribution in [-0.4, -0.2) is 43.4 Å². The molecule has 106 valence electrons. The first-order valence-electron chi connectivity index (χ1n) is 5.80. The molecule has 7 heteroatoms. The molecule has 0 heterocycles. The van der Waals surface area contributed by atoms with Crippen molar-refractivity contribution < 1.29 is 14.8 Å². The van der Waals surface area contributed by atoms with Crippen LogP contribution in [0.4, 0.5) is 11.4 Å². The Balaban J connectivity index is 3.09. The van der Waals surface area contributed by atoms with Gasteiger partial charge in [-0.25, -0.2) is 0 Å². The molecule has 0 aromatic heterocycles. The third kappa shape index (κ3) is 4.15. The molecule has 0 aliphatic rings. The molecule has 1 aromatic carbocycles. The first-order valence-corrected chi connectivity index (χ1v) is 6.59. The van der Waals surface area contributed by atoms with E-state index >= 15 is 0 Å². The SMILES string of the molecule is COCCN(CCO)c1cc(C)c([N+](=O)[O-])cc1Br. The number of methoxy groups -OCH3 is 1. The van der Waals surface area contributed by atoms with Crippen molar-refractivity contribution >= 4 is 27.3 Å². The van der Waals surface area contributed by atoms with Crippen LogP contribution in [0.15, 0.2) is 16.6 Å². The number of benzene rings is 1. The van der Waals surface area contributed by atoms with Crippen LogP contribution in [-0.2, 0) is 4.74 Å². The number of aliphatic hydroxyl groups excluding tert-OH is 1. The van der Waals surface area contributed by atoms with Crippen molar-refractivity contribution in [3.8, 4) is 0 Å². The van der Waals surface area contributed by atoms with Gasteiger partial charge < -0.3 is 14.7 Å². The smallest absolute Gasteiger partial charge is 0.273 e. The molecule has 0 radical (unpaired) electrons. The summed E-state index contributed by atoms with van der Waals surface area (Å²) in [5.74, 6) is 0. The molecule has 0 saturated carbocycles. The van der Waals surface area contributed by atoms with E-state index in [4.69, 9.17) is 9.84 Å². The monoisotopic (exact) mass is 332 g/mol. The fourth-order valence-electron chi connectivity index (χ4n) is 1.77. The van der Waals surface area contributed by atoms with Gasteiger partial charge in [-0.15, -0.1) is 0 Å². The normalized spacial score (nSPS) is 10.5. The molecule has 0 bridgehead atoms. The van der Waals surface area contributed by atoms with Crippen LogP contribution < -0.4 is 4.90 Å². The standard InChI is InChI=1S/C12H17BrN2O4/c1-9-7-12(10(13)8-11(9)15(17)18)14(3-5-16)4-6-19-2/h7-8,16H,3-6H2,1-2H3. The molecule has 1 aromatic rings. The van der Waals surface area contributed by atoms with E-state index in [1.54, 1.807) is 20.1 Å². The molecule has 1 N–H and O–H groups in total. The quantitative estimate of drug-likeness (QED) is 0.611. The van der Waals surface area contributed by atoms with Crippen LogP contribution in [0.5, 0.6) is 0 Å². The summed E-state index contributed by atoms with van der Waals surface area (Å²) in [6.07, 6.45) is 0. The number of nitro benzene ring substituents is 1. The Kier molecular flexibility index (Phi) is 6.20. The van der Waals surface area contributed by atoms with Gasteiger partial charge in [-0.3, -0.25) is 10.1 Å². The number of hydrogen-bond donors (Lipinski definition) is 1. The molecular formula is C12H17BrN2O4. The first-order chi connectivity index (χ1) is 9.01. The Morgan fingerprint density at radius 1 is 1.47 bits per heavy atom. The second-order valence-corrected chi connectivity index (χ2v) is 4.91. The summed E-state index contributed by atoms with van der Waals surface area (Å²) >= 11 is 3.34. The molecule has 0 spiro atoms. The molecule has 19 heavy (non-hydrogen) atoms. The van der Waals surface area contributed by atoms with Gasteiger partial charge in [0.05, 0.1) is 23.8 Å². The number of hydrogen-bond acceptors (Lipinski definition) is 5. The van der Waals surface area contributed by atoms with Crippen molar-refractivity contribution in [1.82, 2.24) is 0 Å². The van der Waals surface area contributed by atoms with Crippen molar-refractivity contribution in [3.63, 3.8) is 0 Å². The molecule has 0 aliphatic carbocycles. The number of nitrogens with zero attached hydrogens (tertiary/aromatic N) is 2. The van der Waals surface area contributed by atoms with Gasteiger partial charge in [-0.05, 0) is 28.9 Å². The highest BCUT2D eigenvalue weighted by Gasteiger charge is 2.17. The lowest BCUT2D eigenvalue weighted by atomic mass is 10.1. The lowest BCUT2D eigenvalue weighted by molar-refractivity contribution is -0.385. The summed E-state index contributed by atoms with van der Waals surface area (Å²) in [7, 11) is 1.60. The maximum Gasteiger partial charge on any atom is 0.273 e. The van der Waals surface area contributed by atoms with Crippen molar-refractivity contribution in [2.75, 3.05) is 38.3 Å². The lowest BCUT2D eigenvalue weighted by Gasteiger charge is -2.25. The van der Waals surface area contributed by atoms with Gasteiger partial charge in [0.25, 0.3) is 5.69 Å². The summed E-state index contributed by atoms with van der Waals surface area (Å²) in [6.45, 7) is 3.27. The third-order valence-electron chi connectivity index (χ3n) is 2.74. The summed E-state index contributed by atoms with van der Waals surface area (Å²) in [4.78, 5) is 12.4. The molecule has 0 amide bonds. The van der Waals surface area contributed by atoms with Crippen LogP contribution in [0.25, 0.3) is 0 Å². The van der Waals surface area contributed by atoms with Gasteiger partial charge in [-0.1, -0.05) is 0 Å². The Morgan fingerprint density at radius 2 is 2.16 bits per heavy atom. The van der Waals surface area contributed by atoms with Crippen LogP contribution in [0.2, 0.25) is 0 Å². The fourth-order valence-corrected chi connectivity index (χ4v) is 2.35. The highest BCUT2D eigenvalue weighted by Crippen LogP contribution is 2.33. The van der Waals surface area contributed by atoms with E-state index in [-0.39, 0.29) is 12.3 Å². The van der Waals surface area contributed by atoms with Gasteiger partial charge in [-0.2, -0.15) is 0 Å². The maximum atomic E-state index is 10.9. The van der Waals surface area contributed by atoms with Gasteiger partial charge in [0.2, 0.25) is 0 Å². The third-order valence-corrected chi connectivity index (χ3v) is 3.37. The molecule has 1 rings (SSSR count). The number of aliphatic hydroxyl groups is 1. The molecule has 0 aliphatic heterocycles. The highest BCUT2D eigenvalue weighted by molar-refractivity contribution is 9.10. The second kappa shape index (κ2) is 7.42. The minimum Gasteiger partial charge on any atom is -0.395 e. The number of rotatable bonds is 7. The number of anilines is 1. The van der Waals surface area contributed by atoms with Crippen LogP contribution in [0, 0.1) is 17.0 Å². The van der Waals surface area contributed by atoms with E-state index in [0.29, 0.717) is 29.7 Å². The van der Waals surface area contributed by atoms with Gasteiger partial charge in [0.1, 0.15) is 0 Å². The lowest BCUT2D eigenvalue weighted by Crippen LogP contribution is -2.30. The zero-order valence-corrected chi connectivity index (χ0v) is 12.5. The second-order valence-electron chi connectivity index (χ2n) is 4.05. The number of ether oxygens (including phenoxy) is 1. The Bertz CT molecular complexity index is 454. The molecule has 0 unspecified atom stereocenters. The van der Waals surface area contributed by atoms with E-state index in [2.05, 4.69) is 15.9 Å². The topological polar surface area (TPSA) is 75.8 Å². The largest absolute Gasteiger partial charge is 0.395 e. The highest BCUT2D eigenvalue weighted by atomic mass is 79.9. The Hall–Kier alpha value is -1.18. The predicted molar refractivity (Wildman–Crippen MR) is 76.7 cm³/mol. The number of nitro groups is 1. The van der Waals surface area contributed by atoms with Gasteiger partial charge >= 0.3 is 0 Å². The predicted octanol–water partition coefficient (Wildman–Crippen LogP) is 2.11. The first kappa shape index (κ1) is 15.9. The molecule has 0 saturated heterocycles. The van der Waals surface area contributed by atoms with Crippen molar-refractivity contribution in [2.24, 2.45) is 0 Å². The van der Waals surface area contributed by atoms with E-state index in [9.17, 15) is 10.1 Å². The molecule has 0 fully saturated rings. The average molecular weight is 333 g/mol. The van der Waals surface area contributed by atoms with Crippen LogP contribution in [0.1, 0.15) is 5.56 Å². The van der Waals surface area contributed by atoms with E-state index in [0.717, 1.165) is 5.69 Å². The van der Waals surface area contributed by atoms with Crippen molar-refractivity contribution in [1.29, 1.82) is 0 Å². The zero-order valence-electron chi connectivity index (χ0n) is 10.9. The summed E-state index contributed by atoms with van der Waals surface area (Å²) in [5, 5.41) is 20.0. The maximum absolute atomic E-state index is 10.9. The summed E-state index contributed by atoms with van der Waals surface area (Å²) in [6, 6.07) is 3.23. The Labute approximate surface area is 120 Å². The van der Waals surface area contributed by atoms with Gasteiger partial charge in [0.15, 0.2) is 0 Å².